The summed E-state index contributed by atoms with van der Waals surface area (Å²) in [6.45, 7) is 8.40. The van der Waals surface area contributed by atoms with Crippen LogP contribution in [0.15, 0.2) is 22.9 Å². The molecule has 0 radical (unpaired) electrons. The fourth-order valence-corrected chi connectivity index (χ4v) is 0.943. The molecule has 1 nitrogen and oxygen atoms in total. The lowest BCUT2D eigenvalue weighted by atomic mass is 10.1. The van der Waals surface area contributed by atoms with Crippen LogP contribution in [0.4, 0.5) is 0 Å². The van der Waals surface area contributed by atoms with Gasteiger partial charge in [0.05, 0.1) is 0 Å². The highest BCUT2D eigenvalue weighted by Crippen LogP contribution is 2.11. The normalized spacial score (nSPS) is 14.7. The van der Waals surface area contributed by atoms with Crippen molar-refractivity contribution in [2.45, 2.75) is 40.5 Å². The van der Waals surface area contributed by atoms with Crippen molar-refractivity contribution in [2.75, 3.05) is 0 Å². The van der Waals surface area contributed by atoms with Gasteiger partial charge in [0.1, 0.15) is 0 Å². The Hall–Kier alpha value is -0.720. The largest absolute Gasteiger partial charge is 0.399 e. The topological polar surface area (TPSA) is 26.0 Å². The van der Waals surface area contributed by atoms with Crippen LogP contribution in [-0.4, -0.2) is 0 Å². The first-order chi connectivity index (χ1) is 5.13. The van der Waals surface area contributed by atoms with Crippen molar-refractivity contribution in [1.29, 1.82) is 0 Å². The third kappa shape index (κ3) is 3.26. The van der Waals surface area contributed by atoms with E-state index in [2.05, 4.69) is 33.8 Å². The summed E-state index contributed by atoms with van der Waals surface area (Å²) in [7, 11) is 0. The van der Waals surface area contributed by atoms with E-state index in [9.17, 15) is 0 Å². The summed E-state index contributed by atoms with van der Waals surface area (Å²) in [4.78, 5) is 0. The van der Waals surface area contributed by atoms with Gasteiger partial charge in [-0.2, -0.15) is 0 Å². The molecule has 0 fully saturated rings. The van der Waals surface area contributed by atoms with E-state index in [-0.39, 0.29) is 0 Å². The summed E-state index contributed by atoms with van der Waals surface area (Å²) >= 11 is 0. The number of hydrogen-bond donors (Lipinski definition) is 1. The van der Waals surface area contributed by atoms with Gasteiger partial charge in [-0.15, -0.1) is 0 Å². The number of allylic oxidation sites excluding steroid dienone is 3. The molecule has 0 aromatic carbocycles. The van der Waals surface area contributed by atoms with E-state index in [0.29, 0.717) is 0 Å². The summed E-state index contributed by atoms with van der Waals surface area (Å²) in [5, 5.41) is 0. The molecule has 11 heavy (non-hydrogen) atoms. The Labute approximate surface area is 70.0 Å². The zero-order chi connectivity index (χ0) is 8.85. The fraction of sp³-hybridized carbons (Fsp3) is 0.600. The molecule has 0 amide bonds. The maximum atomic E-state index is 5.87. The van der Waals surface area contributed by atoms with Gasteiger partial charge in [-0.25, -0.2) is 0 Å². The van der Waals surface area contributed by atoms with Gasteiger partial charge < -0.3 is 5.73 Å². The van der Waals surface area contributed by atoms with Gasteiger partial charge >= 0.3 is 0 Å². The second-order valence-corrected chi connectivity index (χ2v) is 2.84. The lowest BCUT2D eigenvalue weighted by Gasteiger charge is -2.05. The van der Waals surface area contributed by atoms with Crippen molar-refractivity contribution in [2.24, 2.45) is 5.73 Å². The molecular weight excluding hydrogens is 134 g/mol. The fourth-order valence-electron chi connectivity index (χ4n) is 0.943. The second-order valence-electron chi connectivity index (χ2n) is 2.84. The van der Waals surface area contributed by atoms with Gasteiger partial charge in [-0.1, -0.05) is 25.5 Å². The molecular formula is C10H19N. The van der Waals surface area contributed by atoms with E-state index >= 15 is 0 Å². The van der Waals surface area contributed by atoms with E-state index < -0.39 is 0 Å². The Balaban J connectivity index is 4.46. The molecule has 0 aliphatic rings. The van der Waals surface area contributed by atoms with E-state index in [1.165, 1.54) is 11.1 Å². The highest BCUT2D eigenvalue weighted by Gasteiger charge is 1.96. The first-order valence-corrected chi connectivity index (χ1v) is 4.25. The van der Waals surface area contributed by atoms with Crippen LogP contribution in [0.3, 0.4) is 0 Å². The molecule has 0 heterocycles. The molecule has 0 unspecified atom stereocenters. The molecule has 64 valence electrons. The molecule has 0 saturated heterocycles. The van der Waals surface area contributed by atoms with Crippen LogP contribution >= 0.6 is 0 Å². The summed E-state index contributed by atoms with van der Waals surface area (Å²) in [5.41, 5.74) is 9.33. The number of nitrogens with two attached hydrogens (primary N) is 1. The van der Waals surface area contributed by atoms with Crippen LogP contribution < -0.4 is 5.73 Å². The van der Waals surface area contributed by atoms with Gasteiger partial charge in [0, 0.05) is 5.70 Å². The van der Waals surface area contributed by atoms with Crippen LogP contribution in [0.25, 0.3) is 0 Å². The highest BCUT2D eigenvalue weighted by atomic mass is 14.6. The van der Waals surface area contributed by atoms with E-state index in [1.54, 1.807) is 0 Å². The van der Waals surface area contributed by atoms with E-state index in [1.807, 2.05) is 0 Å². The molecule has 1 heteroatoms. The van der Waals surface area contributed by atoms with Crippen LogP contribution in [0.2, 0.25) is 0 Å². The SMILES string of the molecule is CC/C=C(C)\C(N)=C(\C)CC. The smallest absolute Gasteiger partial charge is 0.0329 e. The average molecular weight is 153 g/mol. The summed E-state index contributed by atoms with van der Waals surface area (Å²) in [6.07, 6.45) is 4.26. The van der Waals surface area contributed by atoms with Crippen LogP contribution in [0.1, 0.15) is 40.5 Å². The molecule has 0 aliphatic heterocycles. The maximum Gasteiger partial charge on any atom is 0.0329 e. The lowest BCUT2D eigenvalue weighted by Crippen LogP contribution is -2.01. The zero-order valence-electron chi connectivity index (χ0n) is 8.07. The average Bonchev–Trinajstić information content (AvgIpc) is 2.02. The van der Waals surface area contributed by atoms with Crippen molar-refractivity contribution in [3.8, 4) is 0 Å². The first kappa shape index (κ1) is 10.3. The van der Waals surface area contributed by atoms with Gasteiger partial charge in [0.15, 0.2) is 0 Å². The summed E-state index contributed by atoms with van der Waals surface area (Å²) in [5.74, 6) is 0. The highest BCUT2D eigenvalue weighted by molar-refractivity contribution is 5.29. The lowest BCUT2D eigenvalue weighted by molar-refractivity contribution is 1.03. The standard InChI is InChI=1S/C10H19N/c1-5-7-9(4)10(11)8(3)6-2/h7H,5-6,11H2,1-4H3/b9-7-,10-8+. The Morgan fingerprint density at radius 3 is 2.18 bits per heavy atom. The van der Waals surface area contributed by atoms with Crippen LogP contribution in [0, 0.1) is 0 Å². The number of hydrogen-bond acceptors (Lipinski definition) is 1. The monoisotopic (exact) mass is 153 g/mol. The van der Waals surface area contributed by atoms with Gasteiger partial charge in [0.25, 0.3) is 0 Å². The molecule has 0 spiro atoms. The Morgan fingerprint density at radius 1 is 1.27 bits per heavy atom. The summed E-state index contributed by atoms with van der Waals surface area (Å²) < 4.78 is 0. The third-order valence-corrected chi connectivity index (χ3v) is 1.93. The zero-order valence-corrected chi connectivity index (χ0v) is 8.07. The van der Waals surface area contributed by atoms with E-state index in [4.69, 9.17) is 5.73 Å². The Kier molecular flexibility index (Phi) is 4.67. The minimum absolute atomic E-state index is 0.967. The van der Waals surface area contributed by atoms with Crippen LogP contribution in [0.5, 0.6) is 0 Å². The van der Waals surface area contributed by atoms with Crippen LogP contribution in [-0.2, 0) is 0 Å². The molecule has 0 atom stereocenters. The predicted octanol–water partition coefficient (Wildman–Crippen LogP) is 2.99. The van der Waals surface area contributed by atoms with Crippen molar-refractivity contribution >= 4 is 0 Å². The third-order valence-electron chi connectivity index (χ3n) is 1.93. The minimum Gasteiger partial charge on any atom is -0.399 e. The van der Waals surface area contributed by atoms with Crippen molar-refractivity contribution in [3.05, 3.63) is 22.9 Å². The molecule has 2 N–H and O–H groups in total. The maximum absolute atomic E-state index is 5.87. The molecule has 0 saturated carbocycles. The predicted molar refractivity (Wildman–Crippen MR) is 51.2 cm³/mol. The first-order valence-electron chi connectivity index (χ1n) is 4.25. The Bertz CT molecular complexity index is 175. The number of rotatable bonds is 3. The summed E-state index contributed by atoms with van der Waals surface area (Å²) in [6, 6.07) is 0. The molecule has 0 bridgehead atoms. The quantitative estimate of drug-likeness (QED) is 0.620. The molecule has 0 aliphatic carbocycles. The Morgan fingerprint density at radius 2 is 1.82 bits per heavy atom. The van der Waals surface area contributed by atoms with Crippen molar-refractivity contribution in [1.82, 2.24) is 0 Å². The minimum atomic E-state index is 0.967. The van der Waals surface area contributed by atoms with Gasteiger partial charge in [-0.3, -0.25) is 0 Å². The van der Waals surface area contributed by atoms with Gasteiger partial charge in [-0.05, 0) is 32.3 Å². The van der Waals surface area contributed by atoms with E-state index in [0.717, 1.165) is 18.5 Å². The molecule has 0 aromatic rings. The van der Waals surface area contributed by atoms with Gasteiger partial charge in [0.2, 0.25) is 0 Å². The van der Waals surface area contributed by atoms with Crippen molar-refractivity contribution in [3.63, 3.8) is 0 Å². The molecule has 0 aromatic heterocycles. The second kappa shape index (κ2) is 5.00. The van der Waals surface area contributed by atoms with Crippen molar-refractivity contribution < 1.29 is 0 Å². The molecule has 0 rings (SSSR count).